The van der Waals surface area contributed by atoms with E-state index in [9.17, 15) is 0 Å². The SMILES string of the molecule is CCc1cnc(CN2CCC(NC(C)C)C2)s1. The predicted octanol–water partition coefficient (Wildman–Crippen LogP) is 2.28. The summed E-state index contributed by atoms with van der Waals surface area (Å²) in [5.41, 5.74) is 0. The zero-order valence-corrected chi connectivity index (χ0v) is 11.9. The molecular weight excluding hydrogens is 230 g/mol. The van der Waals surface area contributed by atoms with Crippen molar-refractivity contribution in [1.29, 1.82) is 0 Å². The van der Waals surface area contributed by atoms with Crippen molar-refractivity contribution < 1.29 is 0 Å². The van der Waals surface area contributed by atoms with Crippen molar-refractivity contribution in [3.05, 3.63) is 16.1 Å². The van der Waals surface area contributed by atoms with Gasteiger partial charge in [0.2, 0.25) is 0 Å². The van der Waals surface area contributed by atoms with Gasteiger partial charge in [0.15, 0.2) is 0 Å². The highest BCUT2D eigenvalue weighted by molar-refractivity contribution is 7.11. The number of nitrogens with one attached hydrogen (secondary N) is 1. The molecule has 17 heavy (non-hydrogen) atoms. The van der Waals surface area contributed by atoms with Crippen LogP contribution in [0.3, 0.4) is 0 Å². The molecule has 4 heteroatoms. The minimum Gasteiger partial charge on any atom is -0.310 e. The van der Waals surface area contributed by atoms with Crippen molar-refractivity contribution in [2.24, 2.45) is 0 Å². The normalized spacial score (nSPS) is 21.5. The van der Waals surface area contributed by atoms with Crippen molar-refractivity contribution in [2.45, 2.75) is 52.2 Å². The molecule has 0 saturated carbocycles. The van der Waals surface area contributed by atoms with Crippen molar-refractivity contribution in [3.8, 4) is 0 Å². The molecular formula is C13H23N3S. The van der Waals surface area contributed by atoms with Crippen LogP contribution in [0.1, 0.15) is 37.1 Å². The third kappa shape index (κ3) is 3.76. The molecule has 0 radical (unpaired) electrons. The molecule has 0 amide bonds. The van der Waals surface area contributed by atoms with E-state index in [-0.39, 0.29) is 0 Å². The van der Waals surface area contributed by atoms with Crippen LogP contribution >= 0.6 is 11.3 Å². The Balaban J connectivity index is 1.81. The molecule has 0 aromatic carbocycles. The van der Waals surface area contributed by atoms with Gasteiger partial charge in [0.1, 0.15) is 5.01 Å². The molecule has 0 spiro atoms. The number of aryl methyl sites for hydroxylation is 1. The van der Waals surface area contributed by atoms with Crippen LogP contribution in [0.5, 0.6) is 0 Å². The zero-order valence-electron chi connectivity index (χ0n) is 11.1. The van der Waals surface area contributed by atoms with E-state index in [1.165, 1.54) is 29.4 Å². The highest BCUT2D eigenvalue weighted by atomic mass is 32.1. The Bertz CT molecular complexity index is 348. The molecule has 1 aromatic heterocycles. The highest BCUT2D eigenvalue weighted by Crippen LogP contribution is 2.18. The Hall–Kier alpha value is -0.450. The Labute approximate surface area is 108 Å². The van der Waals surface area contributed by atoms with Gasteiger partial charge >= 0.3 is 0 Å². The quantitative estimate of drug-likeness (QED) is 0.872. The number of hydrogen-bond donors (Lipinski definition) is 1. The maximum atomic E-state index is 4.49. The van der Waals surface area contributed by atoms with Crippen LogP contribution in [0.15, 0.2) is 6.20 Å². The van der Waals surface area contributed by atoms with Gasteiger partial charge in [0.25, 0.3) is 0 Å². The van der Waals surface area contributed by atoms with Crippen LogP contribution in [-0.4, -0.2) is 35.1 Å². The van der Waals surface area contributed by atoms with E-state index in [1.807, 2.05) is 17.5 Å². The first kappa shape index (κ1) is 13.0. The third-order valence-electron chi connectivity index (χ3n) is 3.15. The van der Waals surface area contributed by atoms with Crippen LogP contribution < -0.4 is 5.32 Å². The van der Waals surface area contributed by atoms with E-state index in [0.717, 1.165) is 13.0 Å². The molecule has 2 heterocycles. The molecule has 1 aromatic rings. The molecule has 1 atom stereocenters. The molecule has 1 fully saturated rings. The fraction of sp³-hybridized carbons (Fsp3) is 0.769. The summed E-state index contributed by atoms with van der Waals surface area (Å²) in [6, 6.07) is 1.26. The minimum atomic E-state index is 0.589. The first-order valence-corrected chi connectivity index (χ1v) is 7.41. The number of thiazole rings is 1. The lowest BCUT2D eigenvalue weighted by atomic mass is 10.2. The maximum Gasteiger partial charge on any atom is 0.107 e. The van der Waals surface area contributed by atoms with Crippen molar-refractivity contribution in [1.82, 2.24) is 15.2 Å². The molecule has 1 saturated heterocycles. The monoisotopic (exact) mass is 253 g/mol. The summed E-state index contributed by atoms with van der Waals surface area (Å²) in [5.74, 6) is 0. The predicted molar refractivity (Wildman–Crippen MR) is 73.4 cm³/mol. The summed E-state index contributed by atoms with van der Waals surface area (Å²) in [7, 11) is 0. The number of hydrogen-bond acceptors (Lipinski definition) is 4. The molecule has 96 valence electrons. The van der Waals surface area contributed by atoms with Crippen LogP contribution in [-0.2, 0) is 13.0 Å². The molecule has 0 bridgehead atoms. The summed E-state index contributed by atoms with van der Waals surface area (Å²) in [6.45, 7) is 10.0. The second kappa shape index (κ2) is 5.94. The van der Waals surface area contributed by atoms with Gasteiger partial charge in [-0.25, -0.2) is 4.98 Å². The average Bonchev–Trinajstić information content (AvgIpc) is 2.88. The molecule has 1 unspecified atom stereocenters. The first-order chi connectivity index (χ1) is 8.17. The van der Waals surface area contributed by atoms with Crippen molar-refractivity contribution in [3.63, 3.8) is 0 Å². The van der Waals surface area contributed by atoms with Gasteiger partial charge in [-0.3, -0.25) is 4.90 Å². The van der Waals surface area contributed by atoms with Crippen LogP contribution in [0.4, 0.5) is 0 Å². The van der Waals surface area contributed by atoms with Crippen molar-refractivity contribution in [2.75, 3.05) is 13.1 Å². The topological polar surface area (TPSA) is 28.2 Å². The Morgan fingerprint density at radius 3 is 3.06 bits per heavy atom. The molecule has 1 aliphatic heterocycles. The van der Waals surface area contributed by atoms with E-state index in [1.54, 1.807) is 0 Å². The van der Waals surface area contributed by atoms with Gasteiger partial charge in [0, 0.05) is 36.2 Å². The first-order valence-electron chi connectivity index (χ1n) is 6.59. The third-order valence-corrected chi connectivity index (χ3v) is 4.28. The molecule has 0 aliphatic carbocycles. The standard InChI is InChI=1S/C13H23N3S/c1-4-12-7-14-13(17-12)9-16-6-5-11(8-16)15-10(2)3/h7,10-11,15H,4-6,8-9H2,1-3H3. The highest BCUT2D eigenvalue weighted by Gasteiger charge is 2.23. The average molecular weight is 253 g/mol. The lowest BCUT2D eigenvalue weighted by Crippen LogP contribution is -2.36. The Morgan fingerprint density at radius 1 is 1.59 bits per heavy atom. The van der Waals surface area contributed by atoms with Gasteiger partial charge in [-0.15, -0.1) is 11.3 Å². The minimum absolute atomic E-state index is 0.589. The van der Waals surface area contributed by atoms with Crippen LogP contribution in [0, 0.1) is 0 Å². The molecule has 1 aliphatic rings. The fourth-order valence-electron chi connectivity index (χ4n) is 2.36. The maximum absolute atomic E-state index is 4.49. The lowest BCUT2D eigenvalue weighted by molar-refractivity contribution is 0.316. The summed E-state index contributed by atoms with van der Waals surface area (Å²) >= 11 is 1.86. The summed E-state index contributed by atoms with van der Waals surface area (Å²) in [6.07, 6.45) is 4.40. The molecule has 2 rings (SSSR count). The molecule has 3 nitrogen and oxygen atoms in total. The van der Waals surface area contributed by atoms with E-state index >= 15 is 0 Å². The van der Waals surface area contributed by atoms with Crippen molar-refractivity contribution >= 4 is 11.3 Å². The Kier molecular flexibility index (Phi) is 4.54. The van der Waals surface area contributed by atoms with Crippen LogP contribution in [0.25, 0.3) is 0 Å². The number of nitrogens with zero attached hydrogens (tertiary/aromatic N) is 2. The molecule has 1 N–H and O–H groups in total. The van der Waals surface area contributed by atoms with E-state index in [2.05, 4.69) is 36.0 Å². The van der Waals surface area contributed by atoms with Gasteiger partial charge in [-0.1, -0.05) is 20.8 Å². The number of aromatic nitrogens is 1. The number of rotatable bonds is 5. The second-order valence-corrected chi connectivity index (χ2v) is 6.32. The lowest BCUT2D eigenvalue weighted by Gasteiger charge is -2.17. The zero-order chi connectivity index (χ0) is 12.3. The second-order valence-electron chi connectivity index (χ2n) is 5.12. The fourth-order valence-corrected chi connectivity index (χ4v) is 3.26. The van der Waals surface area contributed by atoms with Gasteiger partial charge < -0.3 is 5.32 Å². The smallest absolute Gasteiger partial charge is 0.107 e. The van der Waals surface area contributed by atoms with Gasteiger partial charge in [-0.05, 0) is 12.8 Å². The number of likely N-dealkylation sites (tertiary alicyclic amines) is 1. The Morgan fingerprint density at radius 2 is 2.41 bits per heavy atom. The summed E-state index contributed by atoms with van der Waals surface area (Å²) in [4.78, 5) is 8.40. The summed E-state index contributed by atoms with van der Waals surface area (Å²) < 4.78 is 0. The van der Waals surface area contributed by atoms with Crippen LogP contribution in [0.2, 0.25) is 0 Å². The van der Waals surface area contributed by atoms with E-state index in [4.69, 9.17) is 0 Å². The van der Waals surface area contributed by atoms with E-state index < -0.39 is 0 Å². The van der Waals surface area contributed by atoms with Gasteiger partial charge in [-0.2, -0.15) is 0 Å². The largest absolute Gasteiger partial charge is 0.310 e. The summed E-state index contributed by atoms with van der Waals surface area (Å²) in [5, 5.41) is 4.89. The van der Waals surface area contributed by atoms with Gasteiger partial charge in [0.05, 0.1) is 6.54 Å². The van der Waals surface area contributed by atoms with E-state index in [0.29, 0.717) is 12.1 Å².